The van der Waals surface area contributed by atoms with Crippen LogP contribution in [0.5, 0.6) is 0 Å². The van der Waals surface area contributed by atoms with Crippen LogP contribution in [0.4, 0.5) is 5.69 Å². The number of carbonyl (C=O) groups excluding carboxylic acids is 2. The van der Waals surface area contributed by atoms with Gasteiger partial charge in [0.25, 0.3) is 5.91 Å². The summed E-state index contributed by atoms with van der Waals surface area (Å²) in [6.07, 6.45) is 5.17. The number of aromatic nitrogens is 3. The monoisotopic (exact) mass is 726 g/mol. The summed E-state index contributed by atoms with van der Waals surface area (Å²) < 4.78 is 14.4. The number of benzene rings is 1. The SMILES string of the molecule is CCn1c(-c2cc(N3CCN[C@H]4C[C@H]43)cnc2[C@H](C)OC)c2c3cc(ccc31)-c1csc(n1)C[C@H](N)C(=O)N1CCC[C@H](N1)C(=O)OCC(C)(C)C2. The number of esters is 1. The largest absolute Gasteiger partial charge is 0.464 e. The standard InChI is InChI=1S/C39H50N8O4S/c1-6-45-32-10-9-23-14-25(32)27(36(45)26-15-24(19-42-35(26)22(2)50-5)46-13-11-41-30-17-33(30)46)18-39(3,4)21-51-38(49)29-8-7-12-47(44-29)37(48)28(40)16-34-43-31(23)20-52-34/h9-10,14-15,19-20,22,28-30,33,41,44H,6-8,11-13,16-18,21,40H2,1-5H3/t22-,28-,29-,30-,33+/m0/s1. The second kappa shape index (κ2) is 13.8. The molecule has 1 aliphatic carbocycles. The number of fused-ring (bicyclic) bond motifs is 7. The van der Waals surface area contributed by atoms with Crippen LogP contribution >= 0.6 is 11.3 Å². The van der Waals surface area contributed by atoms with Crippen molar-refractivity contribution in [3.63, 3.8) is 0 Å². The Labute approximate surface area is 309 Å². The zero-order valence-electron chi connectivity index (χ0n) is 30.8. The highest BCUT2D eigenvalue weighted by atomic mass is 32.1. The van der Waals surface area contributed by atoms with E-state index in [-0.39, 0.29) is 24.6 Å². The number of methoxy groups -OCH3 is 1. The van der Waals surface area contributed by atoms with Gasteiger partial charge < -0.3 is 30.0 Å². The van der Waals surface area contributed by atoms with Gasteiger partial charge >= 0.3 is 5.97 Å². The Morgan fingerprint density at radius 2 is 2.06 bits per heavy atom. The van der Waals surface area contributed by atoms with E-state index in [4.69, 9.17) is 25.2 Å². The van der Waals surface area contributed by atoms with Crippen LogP contribution in [-0.2, 0) is 38.4 Å². The number of cyclic esters (lactones) is 1. The van der Waals surface area contributed by atoms with Crippen LogP contribution in [0, 0.1) is 5.41 Å². The van der Waals surface area contributed by atoms with Gasteiger partial charge in [-0.05, 0) is 63.3 Å². The normalized spacial score (nSPS) is 25.4. The van der Waals surface area contributed by atoms with Crippen molar-refractivity contribution in [1.29, 1.82) is 0 Å². The predicted octanol–water partition coefficient (Wildman–Crippen LogP) is 4.60. The number of hydrogen-bond acceptors (Lipinski definition) is 11. The van der Waals surface area contributed by atoms with Gasteiger partial charge in [0.1, 0.15) is 6.04 Å². The van der Waals surface area contributed by atoms with Crippen LogP contribution < -0.4 is 21.4 Å². The highest BCUT2D eigenvalue weighted by Gasteiger charge is 2.44. The summed E-state index contributed by atoms with van der Waals surface area (Å²) in [5, 5.41) is 9.10. The zero-order valence-corrected chi connectivity index (χ0v) is 31.6. The third-order valence-electron chi connectivity index (χ3n) is 11.2. The van der Waals surface area contributed by atoms with Gasteiger partial charge in [-0.3, -0.25) is 19.6 Å². The molecule has 5 atom stereocenters. The van der Waals surface area contributed by atoms with Gasteiger partial charge in [0.15, 0.2) is 0 Å². The van der Waals surface area contributed by atoms with E-state index in [1.165, 1.54) is 21.9 Å². The summed E-state index contributed by atoms with van der Waals surface area (Å²) in [4.78, 5) is 39.5. The minimum Gasteiger partial charge on any atom is -0.464 e. The number of nitrogens with one attached hydrogen (secondary N) is 2. The molecule has 13 heteroatoms. The lowest BCUT2D eigenvalue weighted by Gasteiger charge is -2.34. The molecule has 12 nitrogen and oxygen atoms in total. The fourth-order valence-electron chi connectivity index (χ4n) is 8.27. The second-order valence-corrected chi connectivity index (χ2v) is 16.5. The molecule has 4 N–H and O–H groups in total. The molecule has 3 aliphatic heterocycles. The van der Waals surface area contributed by atoms with E-state index in [0.717, 1.165) is 75.9 Å². The van der Waals surface area contributed by atoms with Crippen molar-refractivity contribution < 1.29 is 19.1 Å². The minimum atomic E-state index is -0.783. The number of amides is 1. The summed E-state index contributed by atoms with van der Waals surface area (Å²) in [5.41, 5.74) is 17.5. The summed E-state index contributed by atoms with van der Waals surface area (Å²) in [6, 6.07) is 8.54. The fourth-order valence-corrected chi connectivity index (χ4v) is 9.14. The number of rotatable bonds is 5. The summed E-state index contributed by atoms with van der Waals surface area (Å²) in [6.45, 7) is 11.9. The number of thiazole rings is 1. The lowest BCUT2D eigenvalue weighted by molar-refractivity contribution is -0.154. The maximum Gasteiger partial charge on any atom is 0.324 e. The number of piperazine rings is 1. The Kier molecular flexibility index (Phi) is 9.35. The first-order valence-electron chi connectivity index (χ1n) is 18.7. The Morgan fingerprint density at radius 3 is 2.87 bits per heavy atom. The smallest absolute Gasteiger partial charge is 0.324 e. The number of hydrazine groups is 1. The number of ether oxygens (including phenoxy) is 2. The van der Waals surface area contributed by atoms with Gasteiger partial charge in [-0.2, -0.15) is 0 Å². The third kappa shape index (κ3) is 6.51. The number of pyridine rings is 1. The molecule has 8 rings (SSSR count). The van der Waals surface area contributed by atoms with Gasteiger partial charge in [0.2, 0.25) is 0 Å². The first kappa shape index (κ1) is 35.2. The molecular weight excluding hydrogens is 677 g/mol. The van der Waals surface area contributed by atoms with Crippen molar-refractivity contribution in [3.05, 3.63) is 52.1 Å². The average Bonchev–Trinajstić information content (AvgIpc) is 3.72. The lowest BCUT2D eigenvalue weighted by Crippen LogP contribution is -2.59. The molecule has 0 unspecified atom stereocenters. The molecular formula is C39H50N8O4S. The molecule has 6 heterocycles. The predicted molar refractivity (Wildman–Crippen MR) is 203 cm³/mol. The summed E-state index contributed by atoms with van der Waals surface area (Å²) in [5.74, 6) is -0.601. The first-order chi connectivity index (χ1) is 25.0. The maximum atomic E-state index is 13.5. The molecule has 1 saturated carbocycles. The first-order valence-corrected chi connectivity index (χ1v) is 19.6. The van der Waals surface area contributed by atoms with Crippen molar-refractivity contribution in [3.8, 4) is 22.5 Å². The van der Waals surface area contributed by atoms with E-state index in [0.29, 0.717) is 44.3 Å². The highest BCUT2D eigenvalue weighted by molar-refractivity contribution is 7.10. The van der Waals surface area contributed by atoms with Gasteiger partial charge in [-0.25, -0.2) is 10.4 Å². The molecule has 0 spiro atoms. The van der Waals surface area contributed by atoms with E-state index < -0.39 is 17.5 Å². The molecule has 0 radical (unpaired) electrons. The van der Waals surface area contributed by atoms with Crippen LogP contribution in [0.1, 0.15) is 69.3 Å². The molecule has 6 bridgehead atoms. The molecule has 3 fully saturated rings. The Hall–Kier alpha value is -3.88. The van der Waals surface area contributed by atoms with Gasteiger partial charge in [-0.1, -0.05) is 19.9 Å². The van der Waals surface area contributed by atoms with Gasteiger partial charge in [-0.15, -0.1) is 11.3 Å². The van der Waals surface area contributed by atoms with Crippen LogP contribution in [0.25, 0.3) is 33.4 Å². The van der Waals surface area contributed by atoms with Crippen molar-refractivity contribution in [1.82, 2.24) is 30.3 Å². The lowest BCUT2D eigenvalue weighted by atomic mass is 9.84. The van der Waals surface area contributed by atoms with Gasteiger partial charge in [0.05, 0.1) is 52.7 Å². The molecule has 4 aromatic rings. The van der Waals surface area contributed by atoms with Crippen molar-refractivity contribution in [2.45, 2.75) is 96.6 Å². The van der Waals surface area contributed by atoms with Gasteiger partial charge in [0, 0.05) is 84.6 Å². The zero-order chi connectivity index (χ0) is 36.3. The fraction of sp³-hybridized carbons (Fsp3) is 0.538. The second-order valence-electron chi connectivity index (χ2n) is 15.6. The molecule has 1 aromatic carbocycles. The molecule has 52 heavy (non-hydrogen) atoms. The van der Waals surface area contributed by atoms with Crippen molar-refractivity contribution in [2.75, 3.05) is 38.3 Å². The van der Waals surface area contributed by atoms with E-state index in [1.54, 1.807) is 7.11 Å². The summed E-state index contributed by atoms with van der Waals surface area (Å²) in [7, 11) is 1.74. The Bertz CT molecular complexity index is 2010. The Morgan fingerprint density at radius 1 is 1.21 bits per heavy atom. The van der Waals surface area contributed by atoms with Crippen LogP contribution in [0.2, 0.25) is 0 Å². The van der Waals surface area contributed by atoms with Crippen LogP contribution in [0.3, 0.4) is 0 Å². The van der Waals surface area contributed by atoms with E-state index in [1.807, 2.05) is 6.20 Å². The number of nitrogens with two attached hydrogens (primary N) is 1. The van der Waals surface area contributed by atoms with Crippen LogP contribution in [0.15, 0.2) is 35.8 Å². The van der Waals surface area contributed by atoms with E-state index >= 15 is 0 Å². The number of aryl methyl sites for hydroxylation is 1. The molecule has 3 aromatic heterocycles. The summed E-state index contributed by atoms with van der Waals surface area (Å²) >= 11 is 1.51. The highest BCUT2D eigenvalue weighted by Crippen LogP contribution is 2.44. The number of anilines is 1. The quantitative estimate of drug-likeness (QED) is 0.250. The number of carbonyl (C=O) groups is 2. The topological polar surface area (TPSA) is 140 Å². The Balaban J connectivity index is 1.29. The third-order valence-corrected chi connectivity index (χ3v) is 12.1. The maximum absolute atomic E-state index is 13.5. The molecule has 276 valence electrons. The number of nitrogens with zero attached hydrogens (tertiary/aromatic N) is 5. The van der Waals surface area contributed by atoms with Crippen molar-refractivity contribution in [2.24, 2.45) is 11.1 Å². The number of hydrogen-bond donors (Lipinski definition) is 3. The molecule has 1 amide bonds. The van der Waals surface area contributed by atoms with E-state index in [2.05, 4.69) is 77.6 Å². The molecule has 2 saturated heterocycles. The molecule has 4 aliphatic rings. The van der Waals surface area contributed by atoms with Crippen LogP contribution in [-0.4, -0.2) is 88.9 Å². The van der Waals surface area contributed by atoms with E-state index in [9.17, 15) is 9.59 Å². The average molecular weight is 727 g/mol. The minimum absolute atomic E-state index is 0.217. The van der Waals surface area contributed by atoms with Crippen molar-refractivity contribution >= 4 is 39.8 Å².